The van der Waals surface area contributed by atoms with E-state index in [1.807, 2.05) is 52.2 Å². The molecule has 1 aromatic carbocycles. The summed E-state index contributed by atoms with van der Waals surface area (Å²) in [5.74, 6) is 2.21. The van der Waals surface area contributed by atoms with Crippen molar-refractivity contribution in [3.05, 3.63) is 30.1 Å². The third-order valence-electron chi connectivity index (χ3n) is 2.99. The van der Waals surface area contributed by atoms with Crippen LogP contribution in [0.5, 0.6) is 5.75 Å². The number of nitrogens with one attached hydrogen (secondary N) is 1. The van der Waals surface area contributed by atoms with E-state index in [2.05, 4.69) is 20.3 Å². The molecule has 0 aliphatic rings. The van der Waals surface area contributed by atoms with Gasteiger partial charge in [-0.1, -0.05) is 0 Å². The molecule has 2 aromatic rings. The van der Waals surface area contributed by atoms with Crippen LogP contribution < -0.4 is 20.7 Å². The monoisotopic (exact) mass is 302 g/mol. The molecule has 0 bridgehead atoms. The highest BCUT2D eigenvalue weighted by Gasteiger charge is 2.13. The van der Waals surface area contributed by atoms with E-state index in [0.717, 1.165) is 11.4 Å². The Morgan fingerprint density at radius 3 is 2.45 bits per heavy atom. The lowest BCUT2D eigenvalue weighted by molar-refractivity contribution is 0.340. The molecule has 1 atom stereocenters. The number of hydrogen-bond acceptors (Lipinski definition) is 7. The zero-order valence-corrected chi connectivity index (χ0v) is 13.4. The van der Waals surface area contributed by atoms with E-state index < -0.39 is 0 Å². The predicted octanol–water partition coefficient (Wildman–Crippen LogP) is 2.09. The summed E-state index contributed by atoms with van der Waals surface area (Å²) in [5, 5.41) is 3.34. The third-order valence-corrected chi connectivity index (χ3v) is 2.99. The Morgan fingerprint density at radius 2 is 1.86 bits per heavy atom. The molecular formula is C15H22N6O. The first kappa shape index (κ1) is 15.8. The molecule has 2 rings (SSSR count). The molecule has 0 saturated heterocycles. The highest BCUT2D eigenvalue weighted by atomic mass is 16.5. The maximum Gasteiger partial charge on any atom is 0.229 e. The summed E-state index contributed by atoms with van der Waals surface area (Å²) in [7, 11) is 3.73. The van der Waals surface area contributed by atoms with E-state index in [1.165, 1.54) is 0 Å². The maximum atomic E-state index is 5.75. The van der Waals surface area contributed by atoms with E-state index in [4.69, 9.17) is 10.5 Å². The van der Waals surface area contributed by atoms with Crippen molar-refractivity contribution in [2.75, 3.05) is 36.7 Å². The molecule has 0 aliphatic heterocycles. The summed E-state index contributed by atoms with van der Waals surface area (Å²) in [6.45, 7) is 4.59. The van der Waals surface area contributed by atoms with Gasteiger partial charge in [-0.15, -0.1) is 0 Å². The van der Waals surface area contributed by atoms with Gasteiger partial charge >= 0.3 is 0 Å². The Hall–Kier alpha value is -2.57. The van der Waals surface area contributed by atoms with Crippen molar-refractivity contribution < 1.29 is 4.74 Å². The number of anilines is 3. The first-order valence-electron chi connectivity index (χ1n) is 7.17. The van der Waals surface area contributed by atoms with Gasteiger partial charge in [0.2, 0.25) is 11.9 Å². The molecule has 1 heterocycles. The molecule has 22 heavy (non-hydrogen) atoms. The largest absolute Gasteiger partial charge is 0.494 e. The van der Waals surface area contributed by atoms with Gasteiger partial charge in [0.15, 0.2) is 5.82 Å². The SMILES string of the molecule is CCOc1ccc(NC(C)c2nc(N)nc(N(C)C)n2)cc1. The van der Waals surface area contributed by atoms with Crippen molar-refractivity contribution >= 4 is 17.6 Å². The van der Waals surface area contributed by atoms with E-state index in [-0.39, 0.29) is 12.0 Å². The average Bonchev–Trinajstić information content (AvgIpc) is 2.49. The van der Waals surface area contributed by atoms with Crippen LogP contribution in [0.3, 0.4) is 0 Å². The molecular weight excluding hydrogens is 280 g/mol. The number of nitrogens with two attached hydrogens (primary N) is 1. The fourth-order valence-electron chi connectivity index (χ4n) is 1.92. The molecule has 1 aromatic heterocycles. The van der Waals surface area contributed by atoms with E-state index in [0.29, 0.717) is 18.4 Å². The second-order valence-corrected chi connectivity index (χ2v) is 5.07. The summed E-state index contributed by atoms with van der Waals surface area (Å²) < 4.78 is 5.43. The summed E-state index contributed by atoms with van der Waals surface area (Å²) in [6, 6.07) is 7.66. The Kier molecular flexibility index (Phi) is 4.98. The molecule has 7 nitrogen and oxygen atoms in total. The zero-order valence-electron chi connectivity index (χ0n) is 13.4. The van der Waals surface area contributed by atoms with Crippen LogP contribution >= 0.6 is 0 Å². The average molecular weight is 302 g/mol. The molecule has 118 valence electrons. The maximum absolute atomic E-state index is 5.75. The number of aromatic nitrogens is 3. The minimum Gasteiger partial charge on any atom is -0.494 e. The van der Waals surface area contributed by atoms with Crippen molar-refractivity contribution in [2.45, 2.75) is 19.9 Å². The zero-order chi connectivity index (χ0) is 16.1. The van der Waals surface area contributed by atoms with Gasteiger partial charge in [0, 0.05) is 19.8 Å². The van der Waals surface area contributed by atoms with Gasteiger partial charge < -0.3 is 20.7 Å². The van der Waals surface area contributed by atoms with Crippen LogP contribution in [0.2, 0.25) is 0 Å². The summed E-state index contributed by atoms with van der Waals surface area (Å²) in [5.41, 5.74) is 6.71. The standard InChI is InChI=1S/C15H22N6O/c1-5-22-12-8-6-11(7-9-12)17-10(2)13-18-14(16)20-15(19-13)21(3)4/h6-10,17H,5H2,1-4H3,(H2,16,18,19,20). The van der Waals surface area contributed by atoms with Gasteiger partial charge in [0.05, 0.1) is 12.6 Å². The molecule has 0 radical (unpaired) electrons. The minimum atomic E-state index is -0.0954. The quantitative estimate of drug-likeness (QED) is 0.844. The Labute approximate surface area is 130 Å². The van der Waals surface area contributed by atoms with Crippen molar-refractivity contribution in [2.24, 2.45) is 0 Å². The van der Waals surface area contributed by atoms with Gasteiger partial charge in [0.25, 0.3) is 0 Å². The van der Waals surface area contributed by atoms with Crippen molar-refractivity contribution in [1.29, 1.82) is 0 Å². The van der Waals surface area contributed by atoms with Crippen LogP contribution in [-0.4, -0.2) is 35.7 Å². The molecule has 0 amide bonds. The number of benzene rings is 1. The van der Waals surface area contributed by atoms with Crippen LogP contribution in [0.4, 0.5) is 17.6 Å². The number of nitrogens with zero attached hydrogens (tertiary/aromatic N) is 4. The number of nitrogen functional groups attached to an aromatic ring is 1. The van der Waals surface area contributed by atoms with Crippen LogP contribution in [-0.2, 0) is 0 Å². The van der Waals surface area contributed by atoms with E-state index in [1.54, 1.807) is 4.90 Å². The molecule has 0 fully saturated rings. The molecule has 7 heteroatoms. The smallest absolute Gasteiger partial charge is 0.229 e. The molecule has 0 saturated carbocycles. The van der Waals surface area contributed by atoms with Gasteiger partial charge in [-0.2, -0.15) is 15.0 Å². The van der Waals surface area contributed by atoms with Crippen LogP contribution in [0, 0.1) is 0 Å². The van der Waals surface area contributed by atoms with Gasteiger partial charge in [-0.05, 0) is 38.1 Å². The molecule has 0 aliphatic carbocycles. The van der Waals surface area contributed by atoms with Crippen LogP contribution in [0.15, 0.2) is 24.3 Å². The lowest BCUT2D eigenvalue weighted by Crippen LogP contribution is -2.19. The molecule has 0 spiro atoms. The Morgan fingerprint density at radius 1 is 1.18 bits per heavy atom. The lowest BCUT2D eigenvalue weighted by atomic mass is 10.2. The van der Waals surface area contributed by atoms with Gasteiger partial charge in [-0.25, -0.2) is 0 Å². The fourth-order valence-corrected chi connectivity index (χ4v) is 1.92. The summed E-state index contributed by atoms with van der Waals surface area (Å²) >= 11 is 0. The molecule has 1 unspecified atom stereocenters. The number of hydrogen-bond donors (Lipinski definition) is 2. The first-order valence-corrected chi connectivity index (χ1v) is 7.17. The predicted molar refractivity (Wildman–Crippen MR) is 88.2 cm³/mol. The highest BCUT2D eigenvalue weighted by Crippen LogP contribution is 2.21. The first-order chi connectivity index (χ1) is 10.5. The Balaban J connectivity index is 2.13. The van der Waals surface area contributed by atoms with Gasteiger partial charge in [0.1, 0.15) is 5.75 Å². The highest BCUT2D eigenvalue weighted by molar-refractivity contribution is 5.47. The second kappa shape index (κ2) is 6.93. The fraction of sp³-hybridized carbons (Fsp3) is 0.400. The minimum absolute atomic E-state index is 0.0954. The van der Waals surface area contributed by atoms with Crippen LogP contribution in [0.25, 0.3) is 0 Å². The number of rotatable bonds is 6. The topological polar surface area (TPSA) is 89.2 Å². The second-order valence-electron chi connectivity index (χ2n) is 5.07. The third kappa shape index (κ3) is 3.97. The van der Waals surface area contributed by atoms with Crippen LogP contribution in [0.1, 0.15) is 25.7 Å². The number of ether oxygens (including phenoxy) is 1. The van der Waals surface area contributed by atoms with E-state index in [9.17, 15) is 0 Å². The van der Waals surface area contributed by atoms with Crippen molar-refractivity contribution in [1.82, 2.24) is 15.0 Å². The van der Waals surface area contributed by atoms with Crippen molar-refractivity contribution in [3.8, 4) is 5.75 Å². The summed E-state index contributed by atoms with van der Waals surface area (Å²) in [6.07, 6.45) is 0. The summed E-state index contributed by atoms with van der Waals surface area (Å²) in [4.78, 5) is 14.5. The van der Waals surface area contributed by atoms with Gasteiger partial charge in [-0.3, -0.25) is 0 Å². The van der Waals surface area contributed by atoms with E-state index >= 15 is 0 Å². The lowest BCUT2D eigenvalue weighted by Gasteiger charge is -2.17. The van der Waals surface area contributed by atoms with Crippen molar-refractivity contribution in [3.63, 3.8) is 0 Å². The molecule has 3 N–H and O–H groups in total. The Bertz CT molecular complexity index is 614. The normalized spacial score (nSPS) is 11.8.